The van der Waals surface area contributed by atoms with Crippen molar-refractivity contribution < 1.29 is 22.7 Å². The maximum absolute atomic E-state index is 12.6. The number of aromatic nitrogens is 2. The van der Waals surface area contributed by atoms with Crippen LogP contribution in [0.25, 0.3) is 0 Å². The second-order valence-corrected chi connectivity index (χ2v) is 5.31. The molecule has 0 bridgehead atoms. The highest BCUT2D eigenvalue weighted by Crippen LogP contribution is 2.40. The SMILES string of the molecule is COCc1nsc(NC(=O)CC(C)(C)C(F)(F)F)n1. The number of nitrogens with zero attached hydrogens (tertiary/aromatic N) is 2. The first-order chi connectivity index (χ1) is 8.65. The number of ether oxygens (including phenoxy) is 1. The van der Waals surface area contributed by atoms with Crippen molar-refractivity contribution in [3.05, 3.63) is 5.82 Å². The maximum atomic E-state index is 12.6. The standard InChI is InChI=1S/C10H14F3N3O2S/c1-9(2,10(11,12)13)4-7(17)15-8-14-6(5-18-3)16-19-8/h4-5H2,1-3H3,(H,14,15,16,17). The van der Waals surface area contributed by atoms with Crippen LogP contribution in [0.2, 0.25) is 0 Å². The first-order valence-electron chi connectivity index (χ1n) is 5.34. The van der Waals surface area contributed by atoms with Crippen molar-refractivity contribution >= 4 is 22.6 Å². The predicted octanol–water partition coefficient (Wildman–Crippen LogP) is 2.60. The van der Waals surface area contributed by atoms with Gasteiger partial charge in [0.2, 0.25) is 11.0 Å². The van der Waals surface area contributed by atoms with Crippen LogP contribution >= 0.6 is 11.5 Å². The molecule has 0 aliphatic carbocycles. The summed E-state index contributed by atoms with van der Waals surface area (Å²) in [5.74, 6) is -0.375. The van der Waals surface area contributed by atoms with Crippen LogP contribution < -0.4 is 5.32 Å². The van der Waals surface area contributed by atoms with E-state index in [4.69, 9.17) is 4.74 Å². The van der Waals surface area contributed by atoms with Crippen molar-refractivity contribution in [1.82, 2.24) is 9.36 Å². The number of alkyl halides is 3. The van der Waals surface area contributed by atoms with E-state index in [1.807, 2.05) is 0 Å². The summed E-state index contributed by atoms with van der Waals surface area (Å²) < 4.78 is 46.5. The van der Waals surface area contributed by atoms with Gasteiger partial charge < -0.3 is 10.1 Å². The van der Waals surface area contributed by atoms with Crippen LogP contribution in [0.3, 0.4) is 0 Å². The largest absolute Gasteiger partial charge is 0.394 e. The second kappa shape index (κ2) is 5.83. The minimum atomic E-state index is -4.44. The topological polar surface area (TPSA) is 64.1 Å². The molecule has 108 valence electrons. The van der Waals surface area contributed by atoms with Gasteiger partial charge >= 0.3 is 6.18 Å². The summed E-state index contributed by atoms with van der Waals surface area (Å²) in [5.41, 5.74) is -2.09. The molecule has 0 saturated heterocycles. The lowest BCUT2D eigenvalue weighted by Crippen LogP contribution is -2.35. The molecular weight excluding hydrogens is 283 g/mol. The van der Waals surface area contributed by atoms with Crippen LogP contribution in [0.4, 0.5) is 18.3 Å². The molecule has 19 heavy (non-hydrogen) atoms. The quantitative estimate of drug-likeness (QED) is 0.907. The molecule has 0 spiro atoms. The third-order valence-corrected chi connectivity index (χ3v) is 3.03. The van der Waals surface area contributed by atoms with E-state index in [1.165, 1.54) is 7.11 Å². The Morgan fingerprint density at radius 2 is 2.05 bits per heavy atom. The van der Waals surface area contributed by atoms with Crippen molar-refractivity contribution in [2.45, 2.75) is 33.1 Å². The third kappa shape index (κ3) is 4.43. The van der Waals surface area contributed by atoms with Crippen LogP contribution in [0.1, 0.15) is 26.1 Å². The monoisotopic (exact) mass is 297 g/mol. The number of halogens is 3. The number of carbonyl (C=O) groups excluding carboxylic acids is 1. The molecule has 0 unspecified atom stereocenters. The zero-order valence-corrected chi connectivity index (χ0v) is 11.5. The molecule has 1 heterocycles. The summed E-state index contributed by atoms with van der Waals surface area (Å²) in [6, 6.07) is 0. The Morgan fingerprint density at radius 3 is 2.58 bits per heavy atom. The highest BCUT2D eigenvalue weighted by atomic mass is 32.1. The van der Waals surface area contributed by atoms with E-state index in [-0.39, 0.29) is 11.7 Å². The molecule has 0 fully saturated rings. The van der Waals surface area contributed by atoms with Crippen LogP contribution in [0.15, 0.2) is 0 Å². The highest BCUT2D eigenvalue weighted by Gasteiger charge is 2.48. The molecular formula is C10H14F3N3O2S. The molecule has 1 amide bonds. The van der Waals surface area contributed by atoms with Gasteiger partial charge in [0.05, 0.1) is 5.41 Å². The van der Waals surface area contributed by atoms with E-state index < -0.39 is 23.9 Å². The van der Waals surface area contributed by atoms with Crippen molar-refractivity contribution in [1.29, 1.82) is 0 Å². The minimum absolute atomic E-state index is 0.162. The first-order valence-corrected chi connectivity index (χ1v) is 6.11. The zero-order chi connectivity index (χ0) is 14.7. The molecule has 0 aromatic carbocycles. The van der Waals surface area contributed by atoms with Gasteiger partial charge in [0, 0.05) is 25.1 Å². The number of anilines is 1. The van der Waals surface area contributed by atoms with Crippen LogP contribution in [0.5, 0.6) is 0 Å². The van der Waals surface area contributed by atoms with Crippen LogP contribution in [-0.4, -0.2) is 28.6 Å². The Bertz CT molecular complexity index is 445. The Balaban J connectivity index is 2.60. The fourth-order valence-corrected chi connectivity index (χ4v) is 1.75. The van der Waals surface area contributed by atoms with Gasteiger partial charge in [-0.1, -0.05) is 13.8 Å². The number of amides is 1. The van der Waals surface area contributed by atoms with E-state index >= 15 is 0 Å². The third-order valence-electron chi connectivity index (χ3n) is 2.36. The fraction of sp³-hybridized carbons (Fsp3) is 0.700. The second-order valence-electron chi connectivity index (χ2n) is 4.56. The molecule has 0 saturated carbocycles. The Hall–Kier alpha value is -1.22. The molecule has 5 nitrogen and oxygen atoms in total. The van der Waals surface area contributed by atoms with Gasteiger partial charge in [-0.3, -0.25) is 4.79 Å². The van der Waals surface area contributed by atoms with Crippen molar-refractivity contribution in [2.75, 3.05) is 12.4 Å². The normalized spacial score (nSPS) is 12.5. The Labute approximate surface area is 112 Å². The zero-order valence-electron chi connectivity index (χ0n) is 10.7. The minimum Gasteiger partial charge on any atom is -0.377 e. The van der Waals surface area contributed by atoms with Crippen LogP contribution in [0, 0.1) is 5.41 Å². The number of hydrogen-bond acceptors (Lipinski definition) is 5. The molecule has 0 aliphatic rings. The van der Waals surface area contributed by atoms with E-state index in [9.17, 15) is 18.0 Å². The number of rotatable bonds is 5. The lowest BCUT2D eigenvalue weighted by molar-refractivity contribution is -0.213. The molecule has 1 aromatic heterocycles. The Morgan fingerprint density at radius 1 is 1.42 bits per heavy atom. The average molecular weight is 297 g/mol. The van der Waals surface area contributed by atoms with Gasteiger partial charge in [-0.15, -0.1) is 0 Å². The predicted molar refractivity (Wildman–Crippen MR) is 63.7 cm³/mol. The summed E-state index contributed by atoms with van der Waals surface area (Å²) in [6.45, 7) is 2.13. The average Bonchev–Trinajstić information content (AvgIpc) is 2.63. The van der Waals surface area contributed by atoms with E-state index in [2.05, 4.69) is 14.7 Å². The highest BCUT2D eigenvalue weighted by molar-refractivity contribution is 7.09. The molecule has 1 aromatic rings. The van der Waals surface area contributed by atoms with Gasteiger partial charge in [-0.05, 0) is 0 Å². The summed E-state index contributed by atoms with van der Waals surface area (Å²) >= 11 is 0.897. The van der Waals surface area contributed by atoms with Gasteiger partial charge in [0.25, 0.3) is 0 Å². The number of hydrogen-bond donors (Lipinski definition) is 1. The van der Waals surface area contributed by atoms with Gasteiger partial charge in [-0.25, -0.2) is 4.98 Å². The molecule has 0 atom stereocenters. The van der Waals surface area contributed by atoms with E-state index in [1.54, 1.807) is 0 Å². The summed E-state index contributed by atoms with van der Waals surface area (Å²) in [6.07, 6.45) is -5.11. The smallest absolute Gasteiger partial charge is 0.377 e. The van der Waals surface area contributed by atoms with Crippen LogP contribution in [-0.2, 0) is 16.1 Å². The molecule has 1 rings (SSSR count). The van der Waals surface area contributed by atoms with Crippen molar-refractivity contribution in [2.24, 2.45) is 5.41 Å². The van der Waals surface area contributed by atoms with Crippen molar-refractivity contribution in [3.63, 3.8) is 0 Å². The van der Waals surface area contributed by atoms with E-state index in [0.717, 1.165) is 25.4 Å². The number of nitrogens with one attached hydrogen (secondary N) is 1. The summed E-state index contributed by atoms with van der Waals surface area (Å²) in [7, 11) is 1.46. The lowest BCUT2D eigenvalue weighted by atomic mass is 9.88. The maximum Gasteiger partial charge on any atom is 0.394 e. The van der Waals surface area contributed by atoms with Gasteiger partial charge in [-0.2, -0.15) is 17.5 Å². The fourth-order valence-electron chi connectivity index (χ4n) is 1.16. The van der Waals surface area contributed by atoms with Crippen molar-refractivity contribution in [3.8, 4) is 0 Å². The molecule has 0 aliphatic heterocycles. The van der Waals surface area contributed by atoms with E-state index in [0.29, 0.717) is 5.82 Å². The molecule has 0 radical (unpaired) electrons. The summed E-state index contributed by atoms with van der Waals surface area (Å²) in [5, 5.41) is 2.46. The Kier molecular flexibility index (Phi) is 4.86. The summed E-state index contributed by atoms with van der Waals surface area (Å²) in [4.78, 5) is 15.4. The molecule has 9 heteroatoms. The molecule has 1 N–H and O–H groups in total. The van der Waals surface area contributed by atoms with Gasteiger partial charge in [0.1, 0.15) is 6.61 Å². The lowest BCUT2D eigenvalue weighted by Gasteiger charge is -2.26. The first kappa shape index (κ1) is 15.8. The number of methoxy groups -OCH3 is 1. The number of carbonyl (C=O) groups is 1. The van der Waals surface area contributed by atoms with Gasteiger partial charge in [0.15, 0.2) is 5.82 Å².